The number of carbonyl (C=O) groups excluding carboxylic acids is 1. The summed E-state index contributed by atoms with van der Waals surface area (Å²) in [6.45, 7) is 6.89. The molecule has 0 aromatic rings. The summed E-state index contributed by atoms with van der Waals surface area (Å²) in [5.74, 6) is 1.53. The molecule has 0 saturated heterocycles. The van der Waals surface area contributed by atoms with E-state index in [0.29, 0.717) is 5.75 Å². The summed E-state index contributed by atoms with van der Waals surface area (Å²) in [4.78, 5) is 11.7. The van der Waals surface area contributed by atoms with Crippen molar-refractivity contribution in [2.24, 2.45) is 5.92 Å². The largest absolute Gasteiger partial charge is 0.468 e. The van der Waals surface area contributed by atoms with Crippen LogP contribution in [0, 0.1) is 5.92 Å². The molecule has 0 bridgehead atoms. The SMILES string of the molecule is CCCNC(C)(CSCC(C)CO)C(=O)OC. The minimum absolute atomic E-state index is 0.185. The van der Waals surface area contributed by atoms with Gasteiger partial charge in [-0.25, -0.2) is 0 Å². The van der Waals surface area contributed by atoms with Crippen LogP contribution in [0.3, 0.4) is 0 Å². The molecule has 4 nitrogen and oxygen atoms in total. The monoisotopic (exact) mass is 263 g/mol. The highest BCUT2D eigenvalue weighted by Gasteiger charge is 2.33. The van der Waals surface area contributed by atoms with Crippen molar-refractivity contribution in [1.29, 1.82) is 0 Å². The summed E-state index contributed by atoms with van der Waals surface area (Å²) in [7, 11) is 1.41. The van der Waals surface area contributed by atoms with Crippen LogP contribution in [-0.2, 0) is 9.53 Å². The van der Waals surface area contributed by atoms with Gasteiger partial charge in [0.1, 0.15) is 5.54 Å². The molecule has 5 heteroatoms. The second-order valence-corrected chi connectivity index (χ2v) is 5.58. The highest BCUT2D eigenvalue weighted by atomic mass is 32.2. The van der Waals surface area contributed by atoms with Crippen molar-refractivity contribution in [2.75, 3.05) is 31.8 Å². The minimum atomic E-state index is -0.634. The van der Waals surface area contributed by atoms with Crippen LogP contribution in [0.25, 0.3) is 0 Å². The topological polar surface area (TPSA) is 58.6 Å². The minimum Gasteiger partial charge on any atom is -0.468 e. The van der Waals surface area contributed by atoms with E-state index in [1.54, 1.807) is 11.8 Å². The molecule has 0 aliphatic rings. The summed E-state index contributed by atoms with van der Waals surface area (Å²) < 4.78 is 4.83. The summed E-state index contributed by atoms with van der Waals surface area (Å²) in [5, 5.41) is 12.2. The van der Waals surface area contributed by atoms with Crippen molar-refractivity contribution in [3.8, 4) is 0 Å². The number of thioether (sulfide) groups is 1. The van der Waals surface area contributed by atoms with Crippen LogP contribution in [0.4, 0.5) is 0 Å². The normalized spacial score (nSPS) is 16.3. The molecule has 0 aromatic heterocycles. The molecule has 0 aromatic carbocycles. The average Bonchev–Trinajstić information content (AvgIpc) is 2.34. The molecule has 0 aliphatic carbocycles. The van der Waals surface area contributed by atoms with E-state index in [0.717, 1.165) is 18.7 Å². The van der Waals surface area contributed by atoms with Gasteiger partial charge in [-0.05, 0) is 31.6 Å². The van der Waals surface area contributed by atoms with Crippen molar-refractivity contribution >= 4 is 17.7 Å². The number of nitrogens with one attached hydrogen (secondary N) is 1. The second-order valence-electron chi connectivity index (χ2n) is 4.55. The van der Waals surface area contributed by atoms with Gasteiger partial charge in [0.15, 0.2) is 0 Å². The van der Waals surface area contributed by atoms with Gasteiger partial charge < -0.3 is 15.2 Å². The van der Waals surface area contributed by atoms with E-state index in [9.17, 15) is 4.79 Å². The Morgan fingerprint density at radius 1 is 1.59 bits per heavy atom. The number of carbonyl (C=O) groups is 1. The number of methoxy groups -OCH3 is 1. The number of ether oxygens (including phenoxy) is 1. The van der Waals surface area contributed by atoms with Gasteiger partial charge in [0, 0.05) is 12.4 Å². The van der Waals surface area contributed by atoms with Crippen LogP contribution in [0.2, 0.25) is 0 Å². The number of esters is 1. The highest BCUT2D eigenvalue weighted by molar-refractivity contribution is 7.99. The van der Waals surface area contributed by atoms with Crippen molar-refractivity contribution in [3.05, 3.63) is 0 Å². The maximum Gasteiger partial charge on any atom is 0.326 e. The zero-order valence-electron chi connectivity index (χ0n) is 11.3. The Balaban J connectivity index is 4.23. The molecule has 0 aliphatic heterocycles. The molecule has 0 heterocycles. The number of hydrogen-bond acceptors (Lipinski definition) is 5. The van der Waals surface area contributed by atoms with Crippen LogP contribution in [0.15, 0.2) is 0 Å². The lowest BCUT2D eigenvalue weighted by Crippen LogP contribution is -2.52. The van der Waals surface area contributed by atoms with E-state index in [-0.39, 0.29) is 18.5 Å². The fourth-order valence-corrected chi connectivity index (χ4v) is 2.58. The van der Waals surface area contributed by atoms with Gasteiger partial charge in [-0.15, -0.1) is 0 Å². The third kappa shape index (κ3) is 6.29. The van der Waals surface area contributed by atoms with Gasteiger partial charge in [0.05, 0.1) is 7.11 Å². The van der Waals surface area contributed by atoms with Gasteiger partial charge in [-0.2, -0.15) is 11.8 Å². The quantitative estimate of drug-likeness (QED) is 0.614. The maximum atomic E-state index is 11.7. The summed E-state index contributed by atoms with van der Waals surface area (Å²) >= 11 is 1.66. The van der Waals surface area contributed by atoms with Crippen LogP contribution in [-0.4, -0.2) is 48.4 Å². The lowest BCUT2D eigenvalue weighted by atomic mass is 10.1. The zero-order chi connectivity index (χ0) is 13.3. The Morgan fingerprint density at radius 2 is 2.24 bits per heavy atom. The van der Waals surface area contributed by atoms with Crippen molar-refractivity contribution in [2.45, 2.75) is 32.7 Å². The molecule has 17 heavy (non-hydrogen) atoms. The van der Waals surface area contributed by atoms with Crippen LogP contribution in [0.1, 0.15) is 27.2 Å². The fourth-order valence-electron chi connectivity index (χ4n) is 1.33. The first kappa shape index (κ1) is 16.7. The van der Waals surface area contributed by atoms with E-state index in [4.69, 9.17) is 9.84 Å². The number of rotatable bonds is 9. The van der Waals surface area contributed by atoms with Gasteiger partial charge in [0.2, 0.25) is 0 Å². The van der Waals surface area contributed by atoms with E-state index < -0.39 is 5.54 Å². The molecule has 2 N–H and O–H groups in total. The first-order valence-corrected chi connectivity index (χ1v) is 7.17. The average molecular weight is 263 g/mol. The molecule has 0 rings (SSSR count). The Morgan fingerprint density at radius 3 is 2.71 bits per heavy atom. The van der Waals surface area contributed by atoms with E-state index >= 15 is 0 Å². The lowest BCUT2D eigenvalue weighted by Gasteiger charge is -2.28. The maximum absolute atomic E-state index is 11.7. The molecule has 0 amide bonds. The third-order valence-electron chi connectivity index (χ3n) is 2.51. The van der Waals surface area contributed by atoms with Crippen LogP contribution in [0.5, 0.6) is 0 Å². The Kier molecular flexibility index (Phi) is 8.64. The zero-order valence-corrected chi connectivity index (χ0v) is 12.1. The second kappa shape index (κ2) is 8.78. The van der Waals surface area contributed by atoms with Gasteiger partial charge >= 0.3 is 5.97 Å². The Labute approximate surface area is 108 Å². The van der Waals surface area contributed by atoms with Gasteiger partial charge in [0.25, 0.3) is 0 Å². The smallest absolute Gasteiger partial charge is 0.326 e. The molecule has 2 atom stereocenters. The van der Waals surface area contributed by atoms with E-state index in [1.165, 1.54) is 7.11 Å². The van der Waals surface area contributed by atoms with Gasteiger partial charge in [-0.3, -0.25) is 4.79 Å². The van der Waals surface area contributed by atoms with Crippen molar-refractivity contribution < 1.29 is 14.6 Å². The predicted molar refractivity (Wildman–Crippen MR) is 72.3 cm³/mol. The van der Waals surface area contributed by atoms with Gasteiger partial charge in [-0.1, -0.05) is 13.8 Å². The third-order valence-corrected chi connectivity index (χ3v) is 4.09. The molecular weight excluding hydrogens is 238 g/mol. The number of hydrogen-bond donors (Lipinski definition) is 2. The van der Waals surface area contributed by atoms with Crippen molar-refractivity contribution in [3.63, 3.8) is 0 Å². The molecule has 0 saturated carbocycles. The standard InChI is InChI=1S/C12H25NO3S/c1-5-6-13-12(3,11(15)16-4)9-17-8-10(2)7-14/h10,13-14H,5-9H2,1-4H3. The molecule has 0 radical (unpaired) electrons. The molecule has 0 fully saturated rings. The van der Waals surface area contributed by atoms with Crippen molar-refractivity contribution in [1.82, 2.24) is 5.32 Å². The predicted octanol–water partition coefficient (Wildman–Crippen LogP) is 1.28. The van der Waals surface area contributed by atoms with Crippen LogP contribution < -0.4 is 5.32 Å². The van der Waals surface area contributed by atoms with Crippen LogP contribution >= 0.6 is 11.8 Å². The molecule has 2 unspecified atom stereocenters. The molecule has 102 valence electrons. The van der Waals surface area contributed by atoms with E-state index in [2.05, 4.69) is 12.2 Å². The first-order valence-electron chi connectivity index (χ1n) is 6.02. The number of aliphatic hydroxyl groups excluding tert-OH is 1. The van der Waals surface area contributed by atoms with E-state index in [1.807, 2.05) is 13.8 Å². The summed E-state index contributed by atoms with van der Waals surface area (Å²) in [6.07, 6.45) is 0.976. The summed E-state index contributed by atoms with van der Waals surface area (Å²) in [5.41, 5.74) is -0.634. The highest BCUT2D eigenvalue weighted by Crippen LogP contribution is 2.17. The summed E-state index contributed by atoms with van der Waals surface area (Å²) in [6, 6.07) is 0. The fraction of sp³-hybridized carbons (Fsp3) is 0.917. The molecular formula is C12H25NO3S. The first-order chi connectivity index (χ1) is 8.00. The number of aliphatic hydroxyl groups is 1. The molecule has 0 spiro atoms. The lowest BCUT2D eigenvalue weighted by molar-refractivity contribution is -0.146. The Bertz CT molecular complexity index is 226. The Hall–Kier alpha value is -0.260.